The highest BCUT2D eigenvalue weighted by atomic mass is 16.5. The molecule has 18 heavy (non-hydrogen) atoms. The average molecular weight is 247 g/mol. The Hall–Kier alpha value is -1.02. The Morgan fingerprint density at radius 2 is 2.22 bits per heavy atom. The van der Waals surface area contributed by atoms with Crippen LogP contribution in [0.3, 0.4) is 0 Å². The van der Waals surface area contributed by atoms with Crippen LogP contribution in [0.25, 0.3) is 0 Å². The first-order valence-corrected chi connectivity index (χ1v) is 7.23. The van der Waals surface area contributed by atoms with Gasteiger partial charge in [-0.15, -0.1) is 0 Å². The van der Waals surface area contributed by atoms with Crippen LogP contribution in [-0.2, 0) is 6.54 Å². The summed E-state index contributed by atoms with van der Waals surface area (Å²) in [5.74, 6) is 1.86. The second-order valence-electron chi connectivity index (χ2n) is 5.43. The highest BCUT2D eigenvalue weighted by molar-refractivity contribution is 5.28. The highest BCUT2D eigenvalue weighted by Crippen LogP contribution is 2.24. The molecule has 1 N–H and O–H groups in total. The van der Waals surface area contributed by atoms with Gasteiger partial charge >= 0.3 is 0 Å². The Morgan fingerprint density at radius 3 is 3.00 bits per heavy atom. The molecular weight excluding hydrogens is 222 g/mol. The number of hydrogen-bond donors (Lipinski definition) is 1. The zero-order valence-electron chi connectivity index (χ0n) is 11.6. The van der Waals surface area contributed by atoms with E-state index >= 15 is 0 Å². The molecule has 0 heterocycles. The Kier molecular flexibility index (Phi) is 5.06. The molecule has 1 aromatic rings. The Labute approximate surface area is 111 Å². The van der Waals surface area contributed by atoms with E-state index in [1.165, 1.54) is 31.2 Å². The molecule has 1 aliphatic rings. The second-order valence-corrected chi connectivity index (χ2v) is 5.43. The van der Waals surface area contributed by atoms with Crippen molar-refractivity contribution in [1.82, 2.24) is 5.32 Å². The number of nitrogens with one attached hydrogen (secondary N) is 1. The molecule has 2 unspecified atom stereocenters. The van der Waals surface area contributed by atoms with Crippen LogP contribution in [0, 0.1) is 5.92 Å². The molecule has 1 aliphatic carbocycles. The highest BCUT2D eigenvalue weighted by Gasteiger charge is 2.17. The molecule has 0 radical (unpaired) electrons. The maximum Gasteiger partial charge on any atom is 0.119 e. The maximum absolute atomic E-state index is 5.53. The topological polar surface area (TPSA) is 21.3 Å². The summed E-state index contributed by atoms with van der Waals surface area (Å²) in [6, 6.07) is 9.11. The molecule has 0 spiro atoms. The van der Waals surface area contributed by atoms with Gasteiger partial charge in [0.05, 0.1) is 6.61 Å². The third-order valence-corrected chi connectivity index (χ3v) is 3.74. The van der Waals surface area contributed by atoms with Crippen molar-refractivity contribution < 1.29 is 4.74 Å². The molecule has 100 valence electrons. The lowest BCUT2D eigenvalue weighted by atomic mass is 9.87. The van der Waals surface area contributed by atoms with Crippen LogP contribution in [0.2, 0.25) is 0 Å². The van der Waals surface area contributed by atoms with E-state index in [-0.39, 0.29) is 0 Å². The van der Waals surface area contributed by atoms with Gasteiger partial charge in [0.2, 0.25) is 0 Å². The van der Waals surface area contributed by atoms with Crippen molar-refractivity contribution >= 4 is 0 Å². The van der Waals surface area contributed by atoms with Gasteiger partial charge < -0.3 is 10.1 Å². The Balaban J connectivity index is 1.83. The van der Waals surface area contributed by atoms with Gasteiger partial charge in [-0.3, -0.25) is 0 Å². The summed E-state index contributed by atoms with van der Waals surface area (Å²) >= 11 is 0. The average Bonchev–Trinajstić information content (AvgIpc) is 2.37. The van der Waals surface area contributed by atoms with E-state index < -0.39 is 0 Å². The van der Waals surface area contributed by atoms with Crippen LogP contribution in [0.15, 0.2) is 24.3 Å². The normalized spacial score (nSPS) is 23.9. The number of hydrogen-bond acceptors (Lipinski definition) is 2. The molecule has 0 saturated heterocycles. The van der Waals surface area contributed by atoms with Crippen LogP contribution in [-0.4, -0.2) is 12.6 Å². The first-order valence-electron chi connectivity index (χ1n) is 7.23. The van der Waals surface area contributed by atoms with E-state index in [2.05, 4.69) is 30.4 Å². The molecule has 1 saturated carbocycles. The fourth-order valence-electron chi connectivity index (χ4n) is 2.79. The number of ether oxygens (including phenoxy) is 1. The predicted octanol–water partition coefficient (Wildman–Crippen LogP) is 3.75. The SMILES string of the molecule is CCOc1cccc(CNC2CCCC(C)C2)c1. The summed E-state index contributed by atoms with van der Waals surface area (Å²) in [7, 11) is 0. The van der Waals surface area contributed by atoms with Crippen LogP contribution in [0.5, 0.6) is 5.75 Å². The standard InChI is InChI=1S/C16H25NO/c1-3-18-16-9-5-7-14(11-16)12-17-15-8-4-6-13(2)10-15/h5,7,9,11,13,15,17H,3-4,6,8,10,12H2,1-2H3. The quantitative estimate of drug-likeness (QED) is 0.855. The van der Waals surface area contributed by atoms with Gasteiger partial charge in [-0.1, -0.05) is 31.9 Å². The van der Waals surface area contributed by atoms with Crippen molar-refractivity contribution in [3.63, 3.8) is 0 Å². The first-order chi connectivity index (χ1) is 8.78. The van der Waals surface area contributed by atoms with Crippen molar-refractivity contribution in [3.8, 4) is 5.75 Å². The third-order valence-electron chi connectivity index (χ3n) is 3.74. The molecule has 0 aromatic heterocycles. The maximum atomic E-state index is 5.53. The van der Waals surface area contributed by atoms with E-state index in [9.17, 15) is 0 Å². The summed E-state index contributed by atoms with van der Waals surface area (Å²) in [6.45, 7) is 6.08. The molecule has 2 heteroatoms. The van der Waals surface area contributed by atoms with Gasteiger partial charge in [-0.05, 0) is 43.4 Å². The predicted molar refractivity (Wildman–Crippen MR) is 75.9 cm³/mol. The fraction of sp³-hybridized carbons (Fsp3) is 0.625. The molecule has 0 aliphatic heterocycles. The van der Waals surface area contributed by atoms with E-state index in [4.69, 9.17) is 4.74 Å². The second kappa shape index (κ2) is 6.79. The number of benzene rings is 1. The molecule has 2 nitrogen and oxygen atoms in total. The fourth-order valence-corrected chi connectivity index (χ4v) is 2.79. The Bertz CT molecular complexity index is 364. The third kappa shape index (κ3) is 4.02. The van der Waals surface area contributed by atoms with Crippen LogP contribution < -0.4 is 10.1 Å². The summed E-state index contributed by atoms with van der Waals surface area (Å²) in [4.78, 5) is 0. The van der Waals surface area contributed by atoms with Crippen LogP contribution >= 0.6 is 0 Å². The lowest BCUT2D eigenvalue weighted by Gasteiger charge is -2.27. The largest absolute Gasteiger partial charge is 0.494 e. The van der Waals surface area contributed by atoms with Gasteiger partial charge in [0.15, 0.2) is 0 Å². The Morgan fingerprint density at radius 1 is 1.33 bits per heavy atom. The molecular formula is C16H25NO. The summed E-state index contributed by atoms with van der Waals surface area (Å²) in [5, 5.41) is 3.68. The zero-order valence-corrected chi connectivity index (χ0v) is 11.6. The van der Waals surface area contributed by atoms with E-state index in [0.717, 1.165) is 24.8 Å². The van der Waals surface area contributed by atoms with Crippen molar-refractivity contribution in [1.29, 1.82) is 0 Å². The van der Waals surface area contributed by atoms with Gasteiger partial charge in [-0.25, -0.2) is 0 Å². The molecule has 2 atom stereocenters. The monoisotopic (exact) mass is 247 g/mol. The smallest absolute Gasteiger partial charge is 0.119 e. The molecule has 2 rings (SSSR count). The van der Waals surface area contributed by atoms with E-state index in [1.807, 2.05) is 13.0 Å². The minimum absolute atomic E-state index is 0.699. The minimum Gasteiger partial charge on any atom is -0.494 e. The van der Waals surface area contributed by atoms with Crippen LogP contribution in [0.4, 0.5) is 0 Å². The van der Waals surface area contributed by atoms with Crippen molar-refractivity contribution in [2.75, 3.05) is 6.61 Å². The first kappa shape index (κ1) is 13.4. The van der Waals surface area contributed by atoms with Crippen LogP contribution in [0.1, 0.15) is 45.1 Å². The molecule has 0 bridgehead atoms. The molecule has 1 fully saturated rings. The van der Waals surface area contributed by atoms with Gasteiger partial charge in [0.25, 0.3) is 0 Å². The summed E-state index contributed by atoms with van der Waals surface area (Å²) in [6.07, 6.45) is 5.43. The molecule has 0 amide bonds. The number of rotatable bonds is 5. The van der Waals surface area contributed by atoms with Gasteiger partial charge in [-0.2, -0.15) is 0 Å². The van der Waals surface area contributed by atoms with Gasteiger partial charge in [0, 0.05) is 12.6 Å². The summed E-state index contributed by atoms with van der Waals surface area (Å²) < 4.78 is 5.53. The minimum atomic E-state index is 0.699. The van der Waals surface area contributed by atoms with E-state index in [0.29, 0.717) is 6.04 Å². The van der Waals surface area contributed by atoms with E-state index in [1.54, 1.807) is 0 Å². The van der Waals surface area contributed by atoms with Gasteiger partial charge in [0.1, 0.15) is 5.75 Å². The lowest BCUT2D eigenvalue weighted by Crippen LogP contribution is -2.33. The molecule has 1 aromatic carbocycles. The lowest BCUT2D eigenvalue weighted by molar-refractivity contribution is 0.300. The summed E-state index contributed by atoms with van der Waals surface area (Å²) in [5.41, 5.74) is 1.32. The van der Waals surface area contributed by atoms with Crippen molar-refractivity contribution in [3.05, 3.63) is 29.8 Å². The zero-order chi connectivity index (χ0) is 12.8. The van der Waals surface area contributed by atoms with Crippen molar-refractivity contribution in [2.45, 2.75) is 52.1 Å². The van der Waals surface area contributed by atoms with Crippen molar-refractivity contribution in [2.24, 2.45) is 5.92 Å².